The third kappa shape index (κ3) is 3.96. The smallest absolute Gasteiger partial charge is 0.225 e. The molecule has 0 radical (unpaired) electrons. The van der Waals surface area contributed by atoms with E-state index in [2.05, 4.69) is 15.6 Å². The van der Waals surface area contributed by atoms with Gasteiger partial charge in [-0.05, 0) is 30.3 Å². The number of benzene rings is 1. The molecule has 0 bridgehead atoms. The molecule has 0 atom stereocenters. The number of anilines is 3. The standard InChI is InChI=1S/C14H14ClN3O/c1-2-14(19)18-13-7-6-12(9-16-13)17-11-5-3-4-10(15)8-11/h3-9,17H,2H2,1H3,(H,16,18,19). The molecule has 1 aromatic carbocycles. The van der Waals surface area contributed by atoms with E-state index < -0.39 is 0 Å². The fourth-order valence-electron chi connectivity index (χ4n) is 1.51. The molecule has 5 heteroatoms. The summed E-state index contributed by atoms with van der Waals surface area (Å²) in [5, 5.41) is 6.54. The van der Waals surface area contributed by atoms with Gasteiger partial charge in [0.05, 0.1) is 11.9 Å². The van der Waals surface area contributed by atoms with Crippen molar-refractivity contribution in [2.75, 3.05) is 10.6 Å². The number of amides is 1. The summed E-state index contributed by atoms with van der Waals surface area (Å²) in [6.45, 7) is 1.80. The number of halogens is 1. The van der Waals surface area contributed by atoms with Gasteiger partial charge in [-0.25, -0.2) is 4.98 Å². The van der Waals surface area contributed by atoms with E-state index in [9.17, 15) is 4.79 Å². The summed E-state index contributed by atoms with van der Waals surface area (Å²) in [7, 11) is 0. The van der Waals surface area contributed by atoms with Crippen molar-refractivity contribution in [3.8, 4) is 0 Å². The third-order valence-corrected chi connectivity index (χ3v) is 2.70. The topological polar surface area (TPSA) is 54.0 Å². The molecule has 0 saturated carbocycles. The lowest BCUT2D eigenvalue weighted by atomic mass is 10.3. The first-order chi connectivity index (χ1) is 9.17. The van der Waals surface area contributed by atoms with Crippen LogP contribution in [0.2, 0.25) is 5.02 Å². The van der Waals surface area contributed by atoms with Gasteiger partial charge in [-0.1, -0.05) is 24.6 Å². The highest BCUT2D eigenvalue weighted by atomic mass is 35.5. The summed E-state index contributed by atoms with van der Waals surface area (Å²) in [5.41, 5.74) is 1.72. The second kappa shape index (κ2) is 6.20. The van der Waals surface area contributed by atoms with Gasteiger partial charge in [0.2, 0.25) is 5.91 Å². The molecule has 0 aliphatic rings. The Balaban J connectivity index is 2.04. The predicted molar refractivity (Wildman–Crippen MR) is 77.9 cm³/mol. The van der Waals surface area contributed by atoms with Crippen molar-refractivity contribution in [1.82, 2.24) is 4.98 Å². The van der Waals surface area contributed by atoms with Crippen molar-refractivity contribution in [1.29, 1.82) is 0 Å². The van der Waals surface area contributed by atoms with E-state index in [4.69, 9.17) is 11.6 Å². The predicted octanol–water partition coefficient (Wildman–Crippen LogP) is 3.83. The number of nitrogens with one attached hydrogen (secondary N) is 2. The maximum Gasteiger partial charge on any atom is 0.225 e. The first-order valence-corrected chi connectivity index (χ1v) is 6.33. The Morgan fingerprint density at radius 2 is 2.11 bits per heavy atom. The number of aromatic nitrogens is 1. The minimum absolute atomic E-state index is 0.0527. The Labute approximate surface area is 116 Å². The quantitative estimate of drug-likeness (QED) is 0.892. The molecule has 0 unspecified atom stereocenters. The van der Waals surface area contributed by atoms with Crippen LogP contribution in [0.1, 0.15) is 13.3 Å². The van der Waals surface area contributed by atoms with E-state index >= 15 is 0 Å². The number of pyridine rings is 1. The minimum Gasteiger partial charge on any atom is -0.354 e. The van der Waals surface area contributed by atoms with Crippen LogP contribution < -0.4 is 10.6 Å². The maximum atomic E-state index is 11.2. The lowest BCUT2D eigenvalue weighted by Gasteiger charge is -2.07. The highest BCUT2D eigenvalue weighted by molar-refractivity contribution is 6.30. The Kier molecular flexibility index (Phi) is 4.36. The summed E-state index contributed by atoms with van der Waals surface area (Å²) in [6, 6.07) is 11.0. The zero-order chi connectivity index (χ0) is 13.7. The lowest BCUT2D eigenvalue weighted by molar-refractivity contribution is -0.115. The normalized spacial score (nSPS) is 10.0. The molecular formula is C14H14ClN3O. The summed E-state index contributed by atoms with van der Waals surface area (Å²) >= 11 is 5.91. The van der Waals surface area contributed by atoms with E-state index in [-0.39, 0.29) is 5.91 Å². The number of hydrogen-bond acceptors (Lipinski definition) is 3. The van der Waals surface area contributed by atoms with Crippen LogP contribution >= 0.6 is 11.6 Å². The van der Waals surface area contributed by atoms with Crippen LogP contribution in [0.25, 0.3) is 0 Å². The molecule has 0 spiro atoms. The Bertz CT molecular complexity index is 569. The Hall–Kier alpha value is -2.07. The number of carbonyl (C=O) groups is 1. The number of hydrogen-bond donors (Lipinski definition) is 2. The summed E-state index contributed by atoms with van der Waals surface area (Å²) in [5.74, 6) is 0.492. The molecule has 0 aliphatic carbocycles. The van der Waals surface area contributed by atoms with Crippen LogP contribution in [-0.4, -0.2) is 10.9 Å². The molecule has 0 aliphatic heterocycles. The monoisotopic (exact) mass is 275 g/mol. The number of carbonyl (C=O) groups excluding carboxylic acids is 1. The summed E-state index contributed by atoms with van der Waals surface area (Å²) in [4.78, 5) is 15.4. The molecule has 1 aromatic heterocycles. The Morgan fingerprint density at radius 3 is 2.74 bits per heavy atom. The van der Waals surface area contributed by atoms with Crippen molar-refractivity contribution in [3.05, 3.63) is 47.6 Å². The van der Waals surface area contributed by atoms with Crippen LogP contribution in [-0.2, 0) is 4.79 Å². The van der Waals surface area contributed by atoms with Crippen molar-refractivity contribution in [2.24, 2.45) is 0 Å². The van der Waals surface area contributed by atoms with Crippen LogP contribution in [0, 0.1) is 0 Å². The third-order valence-electron chi connectivity index (χ3n) is 2.47. The van der Waals surface area contributed by atoms with Crippen molar-refractivity contribution in [3.63, 3.8) is 0 Å². The molecule has 0 saturated heterocycles. The van der Waals surface area contributed by atoms with Gasteiger partial charge in [0.1, 0.15) is 5.82 Å². The first kappa shape index (κ1) is 13.4. The largest absolute Gasteiger partial charge is 0.354 e. The average Bonchev–Trinajstić information content (AvgIpc) is 2.41. The molecule has 1 heterocycles. The highest BCUT2D eigenvalue weighted by Gasteiger charge is 2.01. The highest BCUT2D eigenvalue weighted by Crippen LogP contribution is 2.20. The van der Waals surface area contributed by atoms with Crippen molar-refractivity contribution < 1.29 is 4.79 Å². The van der Waals surface area contributed by atoms with Gasteiger partial charge in [0, 0.05) is 17.1 Å². The van der Waals surface area contributed by atoms with Gasteiger partial charge in [-0.2, -0.15) is 0 Å². The van der Waals surface area contributed by atoms with Gasteiger partial charge < -0.3 is 10.6 Å². The molecular weight excluding hydrogens is 262 g/mol. The van der Waals surface area contributed by atoms with E-state index in [1.807, 2.05) is 30.3 Å². The molecule has 19 heavy (non-hydrogen) atoms. The fourth-order valence-corrected chi connectivity index (χ4v) is 1.70. The maximum absolute atomic E-state index is 11.2. The molecule has 0 fully saturated rings. The summed E-state index contributed by atoms with van der Waals surface area (Å²) in [6.07, 6.45) is 2.09. The van der Waals surface area contributed by atoms with Gasteiger partial charge in [0.25, 0.3) is 0 Å². The molecule has 98 valence electrons. The van der Waals surface area contributed by atoms with Crippen molar-refractivity contribution >= 4 is 34.7 Å². The van der Waals surface area contributed by atoms with E-state index in [0.717, 1.165) is 11.4 Å². The summed E-state index contributed by atoms with van der Waals surface area (Å²) < 4.78 is 0. The van der Waals surface area contributed by atoms with Crippen LogP contribution in [0.15, 0.2) is 42.6 Å². The second-order valence-corrected chi connectivity index (χ2v) is 4.41. The van der Waals surface area contributed by atoms with Gasteiger partial charge in [-0.15, -0.1) is 0 Å². The van der Waals surface area contributed by atoms with Crippen LogP contribution in [0.3, 0.4) is 0 Å². The van der Waals surface area contributed by atoms with Gasteiger partial charge >= 0.3 is 0 Å². The van der Waals surface area contributed by atoms with E-state index in [1.165, 1.54) is 0 Å². The van der Waals surface area contributed by atoms with Gasteiger partial charge in [0.15, 0.2) is 0 Å². The lowest BCUT2D eigenvalue weighted by Crippen LogP contribution is -2.10. The fraction of sp³-hybridized carbons (Fsp3) is 0.143. The number of rotatable bonds is 4. The minimum atomic E-state index is -0.0527. The molecule has 2 N–H and O–H groups in total. The first-order valence-electron chi connectivity index (χ1n) is 5.96. The van der Waals surface area contributed by atoms with Crippen molar-refractivity contribution in [2.45, 2.75) is 13.3 Å². The van der Waals surface area contributed by atoms with Crippen LogP contribution in [0.4, 0.5) is 17.2 Å². The Morgan fingerprint density at radius 1 is 1.26 bits per heavy atom. The zero-order valence-electron chi connectivity index (χ0n) is 10.5. The molecule has 4 nitrogen and oxygen atoms in total. The molecule has 2 aromatic rings. The molecule has 1 amide bonds. The average molecular weight is 276 g/mol. The second-order valence-electron chi connectivity index (χ2n) is 3.97. The van der Waals surface area contributed by atoms with Crippen LogP contribution in [0.5, 0.6) is 0 Å². The number of nitrogens with zero attached hydrogens (tertiary/aromatic N) is 1. The molecule has 2 rings (SSSR count). The van der Waals surface area contributed by atoms with E-state index in [0.29, 0.717) is 17.3 Å². The van der Waals surface area contributed by atoms with Gasteiger partial charge in [-0.3, -0.25) is 4.79 Å². The zero-order valence-corrected chi connectivity index (χ0v) is 11.2. The van der Waals surface area contributed by atoms with E-state index in [1.54, 1.807) is 19.2 Å². The SMILES string of the molecule is CCC(=O)Nc1ccc(Nc2cccc(Cl)c2)cn1.